The summed E-state index contributed by atoms with van der Waals surface area (Å²) in [5.41, 5.74) is 0. The van der Waals surface area contributed by atoms with E-state index in [9.17, 15) is 9.59 Å². The lowest BCUT2D eigenvalue weighted by molar-refractivity contribution is -0.130. The molecular formula is C16H20Cl2N2O3. The van der Waals surface area contributed by atoms with E-state index in [1.165, 1.54) is 0 Å². The quantitative estimate of drug-likeness (QED) is 0.850. The number of hydrogen-bond donors (Lipinski definition) is 1. The summed E-state index contributed by atoms with van der Waals surface area (Å²) >= 11 is 11.7. The molecule has 23 heavy (non-hydrogen) atoms. The fourth-order valence-corrected chi connectivity index (χ4v) is 2.66. The van der Waals surface area contributed by atoms with Gasteiger partial charge in [0.2, 0.25) is 5.91 Å². The highest BCUT2D eigenvalue weighted by Crippen LogP contribution is 2.26. The van der Waals surface area contributed by atoms with E-state index in [-0.39, 0.29) is 11.8 Å². The molecule has 1 unspecified atom stereocenters. The van der Waals surface area contributed by atoms with E-state index in [2.05, 4.69) is 5.32 Å². The zero-order valence-electron chi connectivity index (χ0n) is 13.0. The Morgan fingerprint density at radius 2 is 1.96 bits per heavy atom. The van der Waals surface area contributed by atoms with E-state index in [4.69, 9.17) is 27.9 Å². The molecule has 1 aromatic rings. The second kappa shape index (κ2) is 8.41. The van der Waals surface area contributed by atoms with Crippen molar-refractivity contribution < 1.29 is 14.3 Å². The molecule has 0 saturated carbocycles. The van der Waals surface area contributed by atoms with Gasteiger partial charge in [0.25, 0.3) is 5.91 Å². The lowest BCUT2D eigenvalue weighted by atomic mass is 10.3. The third-order valence-electron chi connectivity index (χ3n) is 3.67. The van der Waals surface area contributed by atoms with Crippen LogP contribution < -0.4 is 10.1 Å². The minimum Gasteiger partial charge on any atom is -0.481 e. The molecule has 0 bridgehead atoms. The minimum atomic E-state index is -0.686. The molecular weight excluding hydrogens is 339 g/mol. The van der Waals surface area contributed by atoms with Gasteiger partial charge in [0.15, 0.2) is 6.10 Å². The lowest BCUT2D eigenvalue weighted by Crippen LogP contribution is -2.38. The van der Waals surface area contributed by atoms with E-state index < -0.39 is 6.10 Å². The normalized spacial score (nSPS) is 15.3. The zero-order valence-corrected chi connectivity index (χ0v) is 14.5. The third kappa shape index (κ3) is 5.29. The Labute approximate surface area is 145 Å². The molecule has 5 nitrogen and oxygen atoms in total. The second-order valence-electron chi connectivity index (χ2n) is 5.46. The molecule has 2 amide bonds. The summed E-state index contributed by atoms with van der Waals surface area (Å²) in [6, 6.07) is 4.82. The van der Waals surface area contributed by atoms with Crippen LogP contribution >= 0.6 is 23.2 Å². The number of benzene rings is 1. The highest BCUT2D eigenvalue weighted by atomic mass is 35.5. The fourth-order valence-electron chi connectivity index (χ4n) is 2.37. The number of rotatable bonds is 6. The molecule has 126 valence electrons. The van der Waals surface area contributed by atoms with Crippen LogP contribution in [-0.2, 0) is 9.59 Å². The first-order valence-electron chi connectivity index (χ1n) is 7.64. The van der Waals surface area contributed by atoms with Crippen LogP contribution in [0.25, 0.3) is 0 Å². The maximum absolute atomic E-state index is 12.0. The molecule has 1 atom stereocenters. The Hall–Kier alpha value is -1.46. The maximum atomic E-state index is 12.0. The number of carbonyl (C=O) groups is 2. The largest absolute Gasteiger partial charge is 0.481 e. The Kier molecular flexibility index (Phi) is 6.54. The smallest absolute Gasteiger partial charge is 0.260 e. The van der Waals surface area contributed by atoms with Gasteiger partial charge in [-0.3, -0.25) is 9.59 Å². The zero-order chi connectivity index (χ0) is 16.8. The van der Waals surface area contributed by atoms with Gasteiger partial charge in [-0.2, -0.15) is 0 Å². The summed E-state index contributed by atoms with van der Waals surface area (Å²) in [4.78, 5) is 25.7. The molecule has 7 heteroatoms. The summed E-state index contributed by atoms with van der Waals surface area (Å²) in [5.74, 6) is 0.279. The topological polar surface area (TPSA) is 58.6 Å². The van der Waals surface area contributed by atoms with Gasteiger partial charge < -0.3 is 15.0 Å². The van der Waals surface area contributed by atoms with Crippen molar-refractivity contribution in [2.24, 2.45) is 0 Å². The molecule has 0 aliphatic carbocycles. The van der Waals surface area contributed by atoms with Crippen LogP contribution in [0.3, 0.4) is 0 Å². The van der Waals surface area contributed by atoms with E-state index in [0.29, 0.717) is 28.8 Å². The van der Waals surface area contributed by atoms with Gasteiger partial charge in [-0.05, 0) is 31.9 Å². The monoisotopic (exact) mass is 358 g/mol. The van der Waals surface area contributed by atoms with Gasteiger partial charge in [-0.1, -0.05) is 23.2 Å². The standard InChI is InChI=1S/C16H20Cl2N2O3/c1-11(23-12-4-5-13(17)14(18)10-12)16(22)19-7-6-15(21)20-8-2-3-9-20/h4-5,10-11H,2-3,6-9H2,1H3,(H,19,22). The van der Waals surface area contributed by atoms with Crippen LogP contribution in [0, 0.1) is 0 Å². The average Bonchev–Trinajstić information content (AvgIpc) is 3.05. The van der Waals surface area contributed by atoms with E-state index in [1.54, 1.807) is 25.1 Å². The van der Waals surface area contributed by atoms with E-state index in [0.717, 1.165) is 25.9 Å². The Morgan fingerprint density at radius 1 is 1.26 bits per heavy atom. The van der Waals surface area contributed by atoms with Crippen LogP contribution in [0.15, 0.2) is 18.2 Å². The van der Waals surface area contributed by atoms with Crippen molar-refractivity contribution in [2.75, 3.05) is 19.6 Å². The van der Waals surface area contributed by atoms with Crippen LogP contribution in [0.5, 0.6) is 5.75 Å². The molecule has 1 aromatic carbocycles. The highest BCUT2D eigenvalue weighted by molar-refractivity contribution is 6.42. The molecule has 1 aliphatic heterocycles. The summed E-state index contributed by atoms with van der Waals surface area (Å²) in [7, 11) is 0. The van der Waals surface area contributed by atoms with Crippen LogP contribution in [0.1, 0.15) is 26.2 Å². The van der Waals surface area contributed by atoms with Crippen molar-refractivity contribution >= 4 is 35.0 Å². The first-order valence-corrected chi connectivity index (χ1v) is 8.40. The maximum Gasteiger partial charge on any atom is 0.260 e. The predicted molar refractivity (Wildman–Crippen MR) is 90.0 cm³/mol. The average molecular weight is 359 g/mol. The van der Waals surface area contributed by atoms with E-state index in [1.807, 2.05) is 4.90 Å². The number of carbonyl (C=O) groups excluding carboxylic acids is 2. The number of nitrogens with zero attached hydrogens (tertiary/aromatic N) is 1. The summed E-state index contributed by atoms with van der Waals surface area (Å²) < 4.78 is 5.52. The molecule has 1 saturated heterocycles. The number of nitrogens with one attached hydrogen (secondary N) is 1. The van der Waals surface area contributed by atoms with Gasteiger partial charge in [-0.15, -0.1) is 0 Å². The molecule has 1 heterocycles. The van der Waals surface area contributed by atoms with Crippen molar-refractivity contribution in [3.05, 3.63) is 28.2 Å². The minimum absolute atomic E-state index is 0.0841. The van der Waals surface area contributed by atoms with Crippen molar-refractivity contribution in [1.29, 1.82) is 0 Å². The van der Waals surface area contributed by atoms with Crippen LogP contribution in [0.2, 0.25) is 10.0 Å². The Morgan fingerprint density at radius 3 is 2.61 bits per heavy atom. The third-order valence-corrected chi connectivity index (χ3v) is 4.41. The summed E-state index contributed by atoms with van der Waals surface area (Å²) in [6.07, 6.45) is 1.75. The van der Waals surface area contributed by atoms with Crippen LogP contribution in [0.4, 0.5) is 0 Å². The van der Waals surface area contributed by atoms with Gasteiger partial charge in [-0.25, -0.2) is 0 Å². The fraction of sp³-hybridized carbons (Fsp3) is 0.500. The summed E-state index contributed by atoms with van der Waals surface area (Å²) in [5, 5.41) is 3.51. The van der Waals surface area contributed by atoms with Crippen molar-refractivity contribution in [3.63, 3.8) is 0 Å². The first-order chi connectivity index (χ1) is 11.0. The molecule has 1 aliphatic rings. The van der Waals surface area contributed by atoms with Gasteiger partial charge in [0.1, 0.15) is 5.75 Å². The first kappa shape index (κ1) is 17.9. The Balaban J connectivity index is 1.73. The molecule has 0 aromatic heterocycles. The number of amides is 2. The molecule has 0 radical (unpaired) electrons. The van der Waals surface area contributed by atoms with Crippen molar-refractivity contribution in [2.45, 2.75) is 32.3 Å². The number of hydrogen-bond acceptors (Lipinski definition) is 3. The van der Waals surface area contributed by atoms with Gasteiger partial charge in [0.05, 0.1) is 10.0 Å². The van der Waals surface area contributed by atoms with Crippen molar-refractivity contribution in [3.8, 4) is 5.75 Å². The van der Waals surface area contributed by atoms with Crippen molar-refractivity contribution in [1.82, 2.24) is 10.2 Å². The SMILES string of the molecule is CC(Oc1ccc(Cl)c(Cl)c1)C(=O)NCCC(=O)N1CCCC1. The Bertz CT molecular complexity index is 574. The number of likely N-dealkylation sites (tertiary alicyclic amines) is 1. The molecule has 0 spiro atoms. The lowest BCUT2D eigenvalue weighted by Gasteiger charge is -2.17. The van der Waals surface area contributed by atoms with Gasteiger partial charge >= 0.3 is 0 Å². The summed E-state index contributed by atoms with van der Waals surface area (Å²) in [6.45, 7) is 3.59. The highest BCUT2D eigenvalue weighted by Gasteiger charge is 2.19. The predicted octanol–water partition coefficient (Wildman–Crippen LogP) is 2.89. The van der Waals surface area contributed by atoms with Crippen LogP contribution in [-0.4, -0.2) is 42.5 Å². The molecule has 2 rings (SSSR count). The molecule has 1 N–H and O–H groups in total. The molecule has 1 fully saturated rings. The number of ether oxygens (including phenoxy) is 1. The van der Waals surface area contributed by atoms with Gasteiger partial charge in [0, 0.05) is 32.1 Å². The second-order valence-corrected chi connectivity index (χ2v) is 6.28. The van der Waals surface area contributed by atoms with E-state index >= 15 is 0 Å². The number of halogens is 2.